The molecular formula is C21H16N2O7S2. The summed E-state index contributed by atoms with van der Waals surface area (Å²) in [5.74, 6) is -3.21. The number of nitrogens with one attached hydrogen (secondary N) is 1. The van der Waals surface area contributed by atoms with Crippen LogP contribution in [0.2, 0.25) is 0 Å². The van der Waals surface area contributed by atoms with Crippen molar-refractivity contribution in [2.24, 2.45) is 0 Å². The molecule has 0 radical (unpaired) electrons. The summed E-state index contributed by atoms with van der Waals surface area (Å²) in [6.45, 7) is -0.462. The highest BCUT2D eigenvalue weighted by molar-refractivity contribution is 8.26. The van der Waals surface area contributed by atoms with E-state index in [-0.39, 0.29) is 21.1 Å². The molecule has 2 aromatic rings. The van der Waals surface area contributed by atoms with Crippen LogP contribution in [0.4, 0.5) is 5.69 Å². The smallest absolute Gasteiger partial charge is 0.337 e. The Bertz CT molecular complexity index is 1180. The van der Waals surface area contributed by atoms with Gasteiger partial charge in [0.25, 0.3) is 5.91 Å². The highest BCUT2D eigenvalue weighted by Crippen LogP contribution is 2.33. The fraction of sp³-hybridized carbons (Fsp3) is 0.0952. The first kappa shape index (κ1) is 23.0. The summed E-state index contributed by atoms with van der Waals surface area (Å²) >= 11 is 6.24. The SMILES string of the molecule is COc1cccc(/C=C2\SC(=S)N(CC(=O)Nc3cc(C(=O)O)ccc3C(=O)O)C2=O)c1. The van der Waals surface area contributed by atoms with Crippen LogP contribution >= 0.6 is 24.0 Å². The van der Waals surface area contributed by atoms with Gasteiger partial charge in [-0.3, -0.25) is 14.5 Å². The Hall–Kier alpha value is -3.70. The van der Waals surface area contributed by atoms with Crippen LogP contribution in [0.15, 0.2) is 47.4 Å². The number of thiocarbonyl (C=S) groups is 1. The molecule has 2 aromatic carbocycles. The van der Waals surface area contributed by atoms with Crippen LogP contribution in [0.1, 0.15) is 26.3 Å². The van der Waals surface area contributed by atoms with Crippen molar-refractivity contribution >= 4 is 63.8 Å². The second-order valence-corrected chi connectivity index (χ2v) is 8.14. The number of rotatable bonds is 7. The Morgan fingerprint density at radius 3 is 2.56 bits per heavy atom. The second-order valence-electron chi connectivity index (χ2n) is 6.46. The Morgan fingerprint density at radius 1 is 1.16 bits per heavy atom. The van der Waals surface area contributed by atoms with Gasteiger partial charge in [-0.25, -0.2) is 9.59 Å². The van der Waals surface area contributed by atoms with E-state index in [0.29, 0.717) is 16.2 Å². The third-order valence-electron chi connectivity index (χ3n) is 4.34. The van der Waals surface area contributed by atoms with E-state index in [2.05, 4.69) is 5.32 Å². The van der Waals surface area contributed by atoms with E-state index < -0.39 is 30.3 Å². The molecule has 1 fully saturated rings. The number of carboxylic acid groups (broad SMARTS) is 2. The zero-order valence-electron chi connectivity index (χ0n) is 16.5. The Labute approximate surface area is 191 Å². The van der Waals surface area contributed by atoms with Gasteiger partial charge in [-0.2, -0.15) is 0 Å². The molecule has 164 valence electrons. The van der Waals surface area contributed by atoms with E-state index in [0.717, 1.165) is 34.9 Å². The fourth-order valence-corrected chi connectivity index (χ4v) is 4.07. The highest BCUT2D eigenvalue weighted by Gasteiger charge is 2.33. The normalized spacial score (nSPS) is 14.5. The zero-order chi connectivity index (χ0) is 23.4. The zero-order valence-corrected chi connectivity index (χ0v) is 18.2. The number of hydrogen-bond acceptors (Lipinski definition) is 7. The lowest BCUT2D eigenvalue weighted by Gasteiger charge is -2.15. The molecule has 9 nitrogen and oxygen atoms in total. The summed E-state index contributed by atoms with van der Waals surface area (Å²) in [4.78, 5) is 49.2. The van der Waals surface area contributed by atoms with Gasteiger partial charge in [-0.15, -0.1) is 0 Å². The van der Waals surface area contributed by atoms with Crippen molar-refractivity contribution in [2.45, 2.75) is 0 Å². The summed E-state index contributed by atoms with van der Waals surface area (Å²) < 4.78 is 5.32. The van der Waals surface area contributed by atoms with Crippen LogP contribution in [0.5, 0.6) is 5.75 Å². The van der Waals surface area contributed by atoms with Gasteiger partial charge >= 0.3 is 11.9 Å². The van der Waals surface area contributed by atoms with Crippen molar-refractivity contribution in [2.75, 3.05) is 19.0 Å². The van der Waals surface area contributed by atoms with Crippen LogP contribution < -0.4 is 10.1 Å². The predicted molar refractivity (Wildman–Crippen MR) is 122 cm³/mol. The largest absolute Gasteiger partial charge is 0.497 e. The maximum atomic E-state index is 12.7. The van der Waals surface area contributed by atoms with Gasteiger partial charge in [-0.1, -0.05) is 36.1 Å². The lowest BCUT2D eigenvalue weighted by Crippen LogP contribution is -2.36. The number of carbonyl (C=O) groups excluding carboxylic acids is 2. The number of aromatic carboxylic acids is 2. The fourth-order valence-electron chi connectivity index (χ4n) is 2.82. The second kappa shape index (κ2) is 9.62. The van der Waals surface area contributed by atoms with Crippen LogP contribution in [0.3, 0.4) is 0 Å². The van der Waals surface area contributed by atoms with Gasteiger partial charge in [0.1, 0.15) is 16.6 Å². The Kier molecular flexibility index (Phi) is 6.91. The topological polar surface area (TPSA) is 133 Å². The average molecular weight is 473 g/mol. The quantitative estimate of drug-likeness (QED) is 0.411. The van der Waals surface area contributed by atoms with Crippen molar-refractivity contribution in [1.29, 1.82) is 0 Å². The third kappa shape index (κ3) is 5.13. The summed E-state index contributed by atoms with van der Waals surface area (Å²) in [5.41, 5.74) is 0.0365. The Balaban J connectivity index is 1.77. The minimum absolute atomic E-state index is 0.164. The summed E-state index contributed by atoms with van der Waals surface area (Å²) in [6.07, 6.45) is 1.62. The van der Waals surface area contributed by atoms with Crippen molar-refractivity contribution in [3.8, 4) is 5.75 Å². The van der Waals surface area contributed by atoms with Gasteiger partial charge < -0.3 is 20.3 Å². The molecule has 1 saturated heterocycles. The van der Waals surface area contributed by atoms with Crippen LogP contribution in [0, 0.1) is 0 Å². The molecule has 1 aliphatic heterocycles. The first-order chi connectivity index (χ1) is 15.2. The highest BCUT2D eigenvalue weighted by atomic mass is 32.2. The standard InChI is InChI=1S/C21H16N2O7S2/c1-30-13-4-2-3-11(7-13)8-16-18(25)23(21(31)32-16)10-17(24)22-15-9-12(19(26)27)5-6-14(15)20(28)29/h2-9H,10H2,1H3,(H,22,24)(H,26,27)(H,28,29)/b16-8-. The molecule has 1 heterocycles. The Morgan fingerprint density at radius 2 is 1.91 bits per heavy atom. The maximum Gasteiger partial charge on any atom is 0.337 e. The molecule has 2 amide bonds. The van der Waals surface area contributed by atoms with Gasteiger partial charge in [0.05, 0.1) is 28.8 Å². The molecule has 0 aromatic heterocycles. The molecule has 0 unspecified atom stereocenters. The summed E-state index contributed by atoms with van der Waals surface area (Å²) in [7, 11) is 1.53. The van der Waals surface area contributed by atoms with Crippen LogP contribution in [-0.4, -0.2) is 56.8 Å². The number of hydrogen-bond donors (Lipinski definition) is 3. The van der Waals surface area contributed by atoms with Crippen molar-refractivity contribution in [3.05, 3.63) is 64.1 Å². The van der Waals surface area contributed by atoms with E-state index in [9.17, 15) is 24.3 Å². The lowest BCUT2D eigenvalue weighted by atomic mass is 10.1. The molecule has 0 atom stereocenters. The number of carboxylic acids is 2. The van der Waals surface area contributed by atoms with E-state index >= 15 is 0 Å². The van der Waals surface area contributed by atoms with E-state index in [1.54, 1.807) is 30.3 Å². The first-order valence-corrected chi connectivity index (χ1v) is 10.2. The number of thioether (sulfide) groups is 1. The summed E-state index contributed by atoms with van der Waals surface area (Å²) in [5, 5.41) is 20.7. The number of methoxy groups -OCH3 is 1. The summed E-state index contributed by atoms with van der Waals surface area (Å²) in [6, 6.07) is 10.3. The molecule has 0 bridgehead atoms. The van der Waals surface area contributed by atoms with Crippen molar-refractivity contribution < 1.29 is 34.1 Å². The maximum absolute atomic E-state index is 12.7. The van der Waals surface area contributed by atoms with Gasteiger partial charge in [0.15, 0.2) is 0 Å². The number of nitrogens with zero attached hydrogens (tertiary/aromatic N) is 1. The first-order valence-electron chi connectivity index (χ1n) is 8.99. The third-order valence-corrected chi connectivity index (χ3v) is 5.72. The van der Waals surface area contributed by atoms with Crippen LogP contribution in [0.25, 0.3) is 6.08 Å². The molecular weight excluding hydrogens is 456 g/mol. The average Bonchev–Trinajstić information content (AvgIpc) is 3.00. The number of ether oxygens (including phenoxy) is 1. The number of benzene rings is 2. The molecule has 0 aliphatic carbocycles. The van der Waals surface area contributed by atoms with E-state index in [4.69, 9.17) is 22.1 Å². The number of carbonyl (C=O) groups is 4. The van der Waals surface area contributed by atoms with Gasteiger partial charge in [-0.05, 0) is 42.0 Å². The van der Waals surface area contributed by atoms with Crippen molar-refractivity contribution in [3.63, 3.8) is 0 Å². The minimum Gasteiger partial charge on any atom is -0.497 e. The van der Waals surface area contributed by atoms with E-state index in [1.165, 1.54) is 7.11 Å². The lowest BCUT2D eigenvalue weighted by molar-refractivity contribution is -0.126. The molecule has 32 heavy (non-hydrogen) atoms. The molecule has 11 heteroatoms. The molecule has 0 spiro atoms. The van der Waals surface area contributed by atoms with Gasteiger partial charge in [0.2, 0.25) is 5.91 Å². The van der Waals surface area contributed by atoms with Gasteiger partial charge in [0, 0.05) is 0 Å². The van der Waals surface area contributed by atoms with E-state index in [1.807, 2.05) is 0 Å². The monoisotopic (exact) mass is 472 g/mol. The van der Waals surface area contributed by atoms with Crippen molar-refractivity contribution in [1.82, 2.24) is 4.90 Å². The minimum atomic E-state index is -1.34. The molecule has 0 saturated carbocycles. The molecule has 1 aliphatic rings. The molecule has 3 rings (SSSR count). The number of anilines is 1. The predicted octanol–water partition coefficient (Wildman–Crippen LogP) is 2.93. The number of amides is 2. The van der Waals surface area contributed by atoms with Crippen LogP contribution in [-0.2, 0) is 9.59 Å². The molecule has 3 N–H and O–H groups in total.